The fraction of sp³-hybridized carbons (Fsp3) is 0.333. The standard InChI is InChI=1S/C21H23N5O2S/c1-3-14-8-22-9-16(14)17-10-23-19-12-25-21-20(26(17)19)18(11-24-21)29(27,28)15-6-4-5-13(2)7-15/h4-7,10-12,14,16,22,24H,3,8-9H2,1-2H3/t14-,16+/m0/s1. The van der Waals surface area contributed by atoms with Gasteiger partial charge in [0.1, 0.15) is 10.4 Å². The number of nitrogens with zero attached hydrogens (tertiary/aromatic N) is 3. The fourth-order valence-corrected chi connectivity index (χ4v) is 5.93. The second-order valence-electron chi connectivity index (χ2n) is 7.74. The van der Waals surface area contributed by atoms with Crippen LogP contribution in [0.3, 0.4) is 0 Å². The number of imidazole rings is 1. The molecule has 7 nitrogen and oxygen atoms in total. The molecule has 0 bridgehead atoms. The number of benzene rings is 1. The predicted octanol–water partition coefficient (Wildman–Crippen LogP) is 3.06. The molecule has 1 aliphatic heterocycles. The molecule has 3 aromatic heterocycles. The van der Waals surface area contributed by atoms with E-state index < -0.39 is 9.84 Å². The summed E-state index contributed by atoms with van der Waals surface area (Å²) in [6.45, 7) is 5.90. The Morgan fingerprint density at radius 2 is 2.07 bits per heavy atom. The molecule has 1 saturated heterocycles. The molecule has 1 fully saturated rings. The summed E-state index contributed by atoms with van der Waals surface area (Å²) in [6, 6.07) is 6.99. The summed E-state index contributed by atoms with van der Waals surface area (Å²) in [5, 5.41) is 3.46. The maximum Gasteiger partial charge on any atom is 0.210 e. The minimum atomic E-state index is -3.71. The number of hydrogen-bond donors (Lipinski definition) is 2. The van der Waals surface area contributed by atoms with E-state index in [1.807, 2.05) is 23.6 Å². The summed E-state index contributed by atoms with van der Waals surface area (Å²) in [7, 11) is -3.71. The summed E-state index contributed by atoms with van der Waals surface area (Å²) < 4.78 is 28.9. The first-order valence-corrected chi connectivity index (χ1v) is 11.3. The van der Waals surface area contributed by atoms with Gasteiger partial charge in [-0.3, -0.25) is 4.40 Å². The zero-order valence-electron chi connectivity index (χ0n) is 16.4. The maximum absolute atomic E-state index is 13.5. The molecule has 4 aromatic rings. The largest absolute Gasteiger partial charge is 0.343 e. The third-order valence-corrected chi connectivity index (χ3v) is 7.75. The molecule has 2 atom stereocenters. The van der Waals surface area contributed by atoms with Crippen molar-refractivity contribution >= 4 is 26.6 Å². The molecule has 1 aliphatic rings. The molecule has 0 saturated carbocycles. The Kier molecular flexibility index (Phi) is 4.22. The van der Waals surface area contributed by atoms with Crippen LogP contribution in [0.2, 0.25) is 0 Å². The summed E-state index contributed by atoms with van der Waals surface area (Å²) in [5.74, 6) is 0.777. The van der Waals surface area contributed by atoms with Crippen LogP contribution < -0.4 is 5.32 Å². The van der Waals surface area contributed by atoms with E-state index in [0.717, 1.165) is 30.8 Å². The summed E-state index contributed by atoms with van der Waals surface area (Å²) in [5.41, 5.74) is 3.71. The van der Waals surface area contributed by atoms with E-state index >= 15 is 0 Å². The van der Waals surface area contributed by atoms with Gasteiger partial charge in [0.15, 0.2) is 11.3 Å². The monoisotopic (exact) mass is 409 g/mol. The molecule has 0 spiro atoms. The second-order valence-corrected chi connectivity index (χ2v) is 9.66. The van der Waals surface area contributed by atoms with Crippen LogP contribution >= 0.6 is 0 Å². The van der Waals surface area contributed by atoms with E-state index in [1.165, 1.54) is 0 Å². The molecule has 0 unspecified atom stereocenters. The van der Waals surface area contributed by atoms with Crippen LogP contribution in [0.1, 0.15) is 30.5 Å². The average Bonchev–Trinajstić information content (AvgIpc) is 3.43. The number of fused-ring (bicyclic) bond motifs is 3. The van der Waals surface area contributed by atoms with Crippen molar-refractivity contribution in [2.24, 2.45) is 5.92 Å². The number of aromatic amines is 1. The molecule has 8 heteroatoms. The second kappa shape index (κ2) is 6.67. The number of rotatable bonds is 4. The molecule has 1 aromatic carbocycles. The van der Waals surface area contributed by atoms with Gasteiger partial charge in [0.2, 0.25) is 9.84 Å². The zero-order valence-corrected chi connectivity index (χ0v) is 17.2. The third kappa shape index (κ3) is 2.78. The molecule has 4 heterocycles. The van der Waals surface area contributed by atoms with E-state index in [1.54, 1.807) is 30.6 Å². The van der Waals surface area contributed by atoms with Crippen molar-refractivity contribution in [3.63, 3.8) is 0 Å². The topological polar surface area (TPSA) is 92.2 Å². The van der Waals surface area contributed by atoms with Gasteiger partial charge in [0.05, 0.1) is 11.1 Å². The summed E-state index contributed by atoms with van der Waals surface area (Å²) in [4.78, 5) is 12.5. The van der Waals surface area contributed by atoms with Crippen LogP contribution in [-0.2, 0) is 9.84 Å². The Balaban J connectivity index is 1.78. The highest BCUT2D eigenvalue weighted by molar-refractivity contribution is 7.91. The summed E-state index contributed by atoms with van der Waals surface area (Å²) in [6.07, 6.45) is 6.16. The van der Waals surface area contributed by atoms with Crippen LogP contribution in [0.15, 0.2) is 52.6 Å². The summed E-state index contributed by atoms with van der Waals surface area (Å²) >= 11 is 0. The molecular formula is C21H23N5O2S. The van der Waals surface area contributed by atoms with Crippen LogP contribution in [-0.4, -0.2) is 40.9 Å². The highest BCUT2D eigenvalue weighted by Crippen LogP contribution is 2.34. The van der Waals surface area contributed by atoms with Gasteiger partial charge in [-0.2, -0.15) is 0 Å². The van der Waals surface area contributed by atoms with Crippen molar-refractivity contribution in [2.75, 3.05) is 13.1 Å². The predicted molar refractivity (Wildman–Crippen MR) is 111 cm³/mol. The molecule has 29 heavy (non-hydrogen) atoms. The SMILES string of the molecule is CC[C@H]1CNC[C@H]1c1cnc2cnc3[nH]cc(S(=O)(=O)c4cccc(C)c4)c3n12. The zero-order chi connectivity index (χ0) is 20.2. The average molecular weight is 410 g/mol. The lowest BCUT2D eigenvalue weighted by atomic mass is 9.91. The Hall–Kier alpha value is -2.71. The van der Waals surface area contributed by atoms with Crippen LogP contribution in [0.25, 0.3) is 16.8 Å². The number of aryl methyl sites for hydroxylation is 1. The number of H-pyrrole nitrogens is 1. The Labute approximate surface area is 169 Å². The number of nitrogens with one attached hydrogen (secondary N) is 2. The van der Waals surface area contributed by atoms with Gasteiger partial charge in [-0.05, 0) is 37.1 Å². The normalized spacial score (nSPS) is 20.1. The van der Waals surface area contributed by atoms with Crippen molar-refractivity contribution in [1.29, 1.82) is 0 Å². The number of aromatic nitrogens is 4. The molecule has 2 N–H and O–H groups in total. The minimum Gasteiger partial charge on any atom is -0.343 e. The lowest BCUT2D eigenvalue weighted by molar-refractivity contribution is 0.493. The fourth-order valence-electron chi connectivity index (χ4n) is 4.42. The Bertz CT molecular complexity index is 1320. The van der Waals surface area contributed by atoms with E-state index in [4.69, 9.17) is 0 Å². The van der Waals surface area contributed by atoms with Crippen molar-refractivity contribution in [2.45, 2.75) is 36.0 Å². The number of sulfone groups is 1. The Morgan fingerprint density at radius 3 is 2.86 bits per heavy atom. The van der Waals surface area contributed by atoms with Crippen molar-refractivity contribution in [1.82, 2.24) is 24.7 Å². The van der Waals surface area contributed by atoms with Crippen LogP contribution in [0, 0.1) is 12.8 Å². The first-order chi connectivity index (χ1) is 14.0. The highest BCUT2D eigenvalue weighted by Gasteiger charge is 2.31. The first kappa shape index (κ1) is 18.3. The molecule has 0 aliphatic carbocycles. The molecule has 5 rings (SSSR count). The lowest BCUT2D eigenvalue weighted by Gasteiger charge is -2.17. The first-order valence-electron chi connectivity index (χ1n) is 9.86. The minimum absolute atomic E-state index is 0.231. The molecular weight excluding hydrogens is 386 g/mol. The Morgan fingerprint density at radius 1 is 1.21 bits per heavy atom. The van der Waals surface area contributed by atoms with Gasteiger partial charge >= 0.3 is 0 Å². The molecule has 0 radical (unpaired) electrons. The van der Waals surface area contributed by atoms with Gasteiger partial charge in [-0.25, -0.2) is 18.4 Å². The van der Waals surface area contributed by atoms with E-state index in [2.05, 4.69) is 27.2 Å². The van der Waals surface area contributed by atoms with Crippen LogP contribution in [0.5, 0.6) is 0 Å². The van der Waals surface area contributed by atoms with Gasteiger partial charge in [0, 0.05) is 30.6 Å². The van der Waals surface area contributed by atoms with Crippen molar-refractivity contribution in [3.8, 4) is 0 Å². The van der Waals surface area contributed by atoms with Gasteiger partial charge in [-0.1, -0.05) is 25.5 Å². The molecule has 150 valence electrons. The van der Waals surface area contributed by atoms with Gasteiger partial charge in [-0.15, -0.1) is 0 Å². The molecule has 0 amide bonds. The quantitative estimate of drug-likeness (QED) is 0.540. The van der Waals surface area contributed by atoms with E-state index in [-0.39, 0.29) is 15.7 Å². The van der Waals surface area contributed by atoms with E-state index in [9.17, 15) is 8.42 Å². The van der Waals surface area contributed by atoms with Crippen molar-refractivity contribution < 1.29 is 8.42 Å². The lowest BCUT2D eigenvalue weighted by Crippen LogP contribution is -2.13. The number of hydrogen-bond acceptors (Lipinski definition) is 5. The smallest absolute Gasteiger partial charge is 0.210 e. The maximum atomic E-state index is 13.5. The van der Waals surface area contributed by atoms with Gasteiger partial charge < -0.3 is 10.3 Å². The van der Waals surface area contributed by atoms with Gasteiger partial charge in [0.25, 0.3) is 0 Å². The highest BCUT2D eigenvalue weighted by atomic mass is 32.2. The van der Waals surface area contributed by atoms with E-state index in [0.29, 0.717) is 22.7 Å². The van der Waals surface area contributed by atoms with Crippen molar-refractivity contribution in [3.05, 3.63) is 54.1 Å². The third-order valence-electron chi connectivity index (χ3n) is 5.98. The van der Waals surface area contributed by atoms with Crippen LogP contribution in [0.4, 0.5) is 0 Å².